The molecule has 0 saturated carbocycles. The SMILES string of the molecule is CC[C@@H](C)C(=O)N[C@H]1CN(S(=O)(=O)c2ccc(N)cc2)c2ccccc2N(Cc2c(C)ccc3ccccc23)C1=O. The van der Waals surface area contributed by atoms with Gasteiger partial charge in [0.2, 0.25) is 5.91 Å². The molecule has 1 aliphatic heterocycles. The Kier molecular flexibility index (Phi) is 7.73. The van der Waals surface area contributed by atoms with E-state index in [9.17, 15) is 18.0 Å². The van der Waals surface area contributed by atoms with Crippen molar-refractivity contribution in [3.63, 3.8) is 0 Å². The van der Waals surface area contributed by atoms with Gasteiger partial charge in [0.25, 0.3) is 15.9 Å². The number of nitrogens with one attached hydrogen (secondary N) is 1. The predicted molar refractivity (Wildman–Crippen MR) is 163 cm³/mol. The monoisotopic (exact) mass is 570 g/mol. The van der Waals surface area contributed by atoms with Gasteiger partial charge < -0.3 is 16.0 Å². The molecule has 212 valence electrons. The first-order chi connectivity index (χ1) is 19.6. The zero-order chi connectivity index (χ0) is 29.3. The Morgan fingerprint density at radius 2 is 1.63 bits per heavy atom. The topological polar surface area (TPSA) is 113 Å². The summed E-state index contributed by atoms with van der Waals surface area (Å²) in [7, 11) is -4.13. The van der Waals surface area contributed by atoms with Crippen LogP contribution in [0.4, 0.5) is 17.1 Å². The minimum Gasteiger partial charge on any atom is -0.399 e. The average molecular weight is 571 g/mol. The van der Waals surface area contributed by atoms with Gasteiger partial charge >= 0.3 is 0 Å². The second-order valence-corrected chi connectivity index (χ2v) is 12.3. The fourth-order valence-corrected chi connectivity index (χ4v) is 6.62. The molecule has 1 aliphatic rings. The van der Waals surface area contributed by atoms with Gasteiger partial charge in [-0.3, -0.25) is 13.9 Å². The summed E-state index contributed by atoms with van der Waals surface area (Å²) in [5.74, 6) is -1.02. The molecule has 41 heavy (non-hydrogen) atoms. The highest BCUT2D eigenvalue weighted by Gasteiger charge is 2.40. The number of rotatable bonds is 7. The lowest BCUT2D eigenvalue weighted by atomic mass is 9.99. The van der Waals surface area contributed by atoms with Gasteiger partial charge in [0, 0.05) is 11.6 Å². The maximum Gasteiger partial charge on any atom is 0.264 e. The molecule has 0 unspecified atom stereocenters. The summed E-state index contributed by atoms with van der Waals surface area (Å²) in [4.78, 5) is 29.0. The number of aryl methyl sites for hydroxylation is 1. The number of benzene rings is 4. The number of fused-ring (bicyclic) bond motifs is 2. The molecule has 8 nitrogen and oxygen atoms in total. The Hall–Kier alpha value is -4.37. The number of nitrogen functional groups attached to an aromatic ring is 1. The van der Waals surface area contributed by atoms with E-state index in [0.717, 1.165) is 21.9 Å². The van der Waals surface area contributed by atoms with Crippen molar-refractivity contribution >= 4 is 49.7 Å². The molecule has 0 radical (unpaired) electrons. The first-order valence-corrected chi connectivity index (χ1v) is 15.1. The fourth-order valence-electron chi connectivity index (χ4n) is 5.13. The van der Waals surface area contributed by atoms with E-state index in [1.54, 1.807) is 36.1 Å². The second-order valence-electron chi connectivity index (χ2n) is 10.5. The van der Waals surface area contributed by atoms with Crippen molar-refractivity contribution in [1.82, 2.24) is 5.32 Å². The quantitative estimate of drug-likeness (QED) is 0.304. The van der Waals surface area contributed by atoms with E-state index in [0.29, 0.717) is 23.5 Å². The Balaban J connectivity index is 1.67. The van der Waals surface area contributed by atoms with Crippen LogP contribution in [0.1, 0.15) is 31.4 Å². The van der Waals surface area contributed by atoms with Crippen LogP contribution in [0, 0.1) is 12.8 Å². The van der Waals surface area contributed by atoms with Gasteiger partial charge in [-0.1, -0.05) is 62.4 Å². The van der Waals surface area contributed by atoms with Crippen LogP contribution in [0.2, 0.25) is 0 Å². The molecule has 1 heterocycles. The summed E-state index contributed by atoms with van der Waals surface area (Å²) >= 11 is 0. The zero-order valence-corrected chi connectivity index (χ0v) is 24.2. The van der Waals surface area contributed by atoms with Gasteiger partial charge in [-0.05, 0) is 71.6 Å². The predicted octanol–water partition coefficient (Wildman–Crippen LogP) is 5.00. The van der Waals surface area contributed by atoms with Crippen LogP contribution in [0.3, 0.4) is 0 Å². The highest BCUT2D eigenvalue weighted by molar-refractivity contribution is 7.92. The summed E-state index contributed by atoms with van der Waals surface area (Å²) in [6.07, 6.45) is 0.583. The molecule has 4 aromatic rings. The van der Waals surface area contributed by atoms with Gasteiger partial charge in [0.15, 0.2) is 0 Å². The lowest BCUT2D eigenvalue weighted by molar-refractivity contribution is -0.129. The fraction of sp³-hybridized carbons (Fsp3) is 0.250. The first-order valence-electron chi connectivity index (χ1n) is 13.7. The van der Waals surface area contributed by atoms with Crippen molar-refractivity contribution < 1.29 is 18.0 Å². The highest BCUT2D eigenvalue weighted by Crippen LogP contribution is 2.38. The normalized spacial score (nSPS) is 16.3. The Bertz CT molecular complexity index is 1720. The zero-order valence-electron chi connectivity index (χ0n) is 23.4. The first kappa shape index (κ1) is 28.2. The van der Waals surface area contributed by atoms with Crippen LogP contribution in [0.5, 0.6) is 0 Å². The van der Waals surface area contributed by atoms with E-state index in [1.165, 1.54) is 28.6 Å². The number of hydrogen-bond acceptors (Lipinski definition) is 5. The number of nitrogens with zero attached hydrogens (tertiary/aromatic N) is 2. The number of anilines is 3. The summed E-state index contributed by atoms with van der Waals surface area (Å²) in [5, 5.41) is 4.92. The molecule has 0 aliphatic carbocycles. The molecule has 3 N–H and O–H groups in total. The second kappa shape index (κ2) is 11.2. The number of nitrogens with two attached hydrogens (primary N) is 1. The van der Waals surface area contributed by atoms with Crippen molar-refractivity contribution in [1.29, 1.82) is 0 Å². The van der Waals surface area contributed by atoms with Crippen LogP contribution in [-0.4, -0.2) is 32.8 Å². The molecule has 0 saturated heterocycles. The van der Waals surface area contributed by atoms with Crippen molar-refractivity contribution in [2.45, 2.75) is 44.7 Å². The minimum absolute atomic E-state index is 0.0410. The average Bonchev–Trinajstić information content (AvgIpc) is 3.09. The van der Waals surface area contributed by atoms with Gasteiger partial charge in [-0.2, -0.15) is 0 Å². The largest absolute Gasteiger partial charge is 0.399 e. The van der Waals surface area contributed by atoms with Gasteiger partial charge in [0.05, 0.1) is 29.4 Å². The van der Waals surface area contributed by atoms with E-state index in [4.69, 9.17) is 5.73 Å². The molecule has 5 rings (SSSR count). The molecule has 4 aromatic carbocycles. The van der Waals surface area contributed by atoms with Crippen molar-refractivity contribution in [2.75, 3.05) is 21.5 Å². The van der Waals surface area contributed by atoms with Gasteiger partial charge in [0.1, 0.15) is 6.04 Å². The van der Waals surface area contributed by atoms with Crippen LogP contribution in [0.15, 0.2) is 89.8 Å². The lowest BCUT2D eigenvalue weighted by Gasteiger charge is -2.27. The van der Waals surface area contributed by atoms with E-state index in [-0.39, 0.29) is 35.7 Å². The number of para-hydroxylation sites is 2. The molecule has 2 amide bonds. The standard InChI is InChI=1S/C32H34N4O4S/c1-4-21(2)31(37)34-28-20-36(41(39,40)25-17-15-24(33)16-18-25)30-12-8-7-11-29(30)35(32(28)38)19-27-22(3)13-14-23-9-5-6-10-26(23)27/h5-18,21,28H,4,19-20,33H2,1-3H3,(H,34,37)/t21-,28+/m1/s1. The molecular formula is C32H34N4O4S. The summed E-state index contributed by atoms with van der Waals surface area (Å²) in [5.41, 5.74) is 9.02. The smallest absolute Gasteiger partial charge is 0.264 e. The van der Waals surface area contributed by atoms with E-state index >= 15 is 0 Å². The third-order valence-electron chi connectivity index (χ3n) is 7.79. The van der Waals surface area contributed by atoms with Crippen molar-refractivity contribution in [2.24, 2.45) is 5.92 Å². The maximum absolute atomic E-state index is 14.3. The van der Waals surface area contributed by atoms with Crippen LogP contribution in [-0.2, 0) is 26.2 Å². The Morgan fingerprint density at radius 3 is 2.34 bits per heavy atom. The van der Waals surface area contributed by atoms with Gasteiger partial charge in [-0.25, -0.2) is 8.42 Å². The Morgan fingerprint density at radius 1 is 0.976 bits per heavy atom. The molecule has 2 atom stereocenters. The van der Waals surface area contributed by atoms with Gasteiger partial charge in [-0.15, -0.1) is 0 Å². The van der Waals surface area contributed by atoms with Crippen molar-refractivity contribution in [3.05, 3.63) is 96.1 Å². The number of amides is 2. The number of sulfonamides is 1. The summed E-state index contributed by atoms with van der Waals surface area (Å²) < 4.78 is 29.4. The van der Waals surface area contributed by atoms with Crippen LogP contribution >= 0.6 is 0 Å². The third kappa shape index (κ3) is 5.37. The van der Waals surface area contributed by atoms with Crippen LogP contribution < -0.4 is 20.3 Å². The van der Waals surface area contributed by atoms with Crippen molar-refractivity contribution in [3.8, 4) is 0 Å². The number of carbonyl (C=O) groups is 2. The third-order valence-corrected chi connectivity index (χ3v) is 9.58. The Labute approximate surface area is 240 Å². The van der Waals surface area contributed by atoms with E-state index < -0.39 is 16.1 Å². The van der Waals surface area contributed by atoms with E-state index in [1.807, 2.05) is 50.2 Å². The molecule has 0 aromatic heterocycles. The molecule has 9 heteroatoms. The van der Waals surface area contributed by atoms with E-state index in [2.05, 4.69) is 5.32 Å². The maximum atomic E-state index is 14.3. The summed E-state index contributed by atoms with van der Waals surface area (Å²) in [6.45, 7) is 5.62. The molecular weight excluding hydrogens is 536 g/mol. The minimum atomic E-state index is -4.13. The molecule has 0 bridgehead atoms. The summed E-state index contributed by atoms with van der Waals surface area (Å²) in [6, 6.07) is 23.8. The lowest BCUT2D eigenvalue weighted by Crippen LogP contribution is -2.53. The number of hydrogen-bond donors (Lipinski definition) is 2. The highest BCUT2D eigenvalue weighted by atomic mass is 32.2. The molecule has 0 fully saturated rings. The van der Waals surface area contributed by atoms with Crippen LogP contribution in [0.25, 0.3) is 10.8 Å². The molecule has 0 spiro atoms. The number of carbonyl (C=O) groups excluding carboxylic acids is 2.